The summed E-state index contributed by atoms with van der Waals surface area (Å²) in [5.74, 6) is -2.02. The van der Waals surface area contributed by atoms with Crippen LogP contribution in [0.25, 0.3) is 11.1 Å². The molecule has 2 aliphatic heterocycles. The molecule has 0 unspecified atom stereocenters. The number of hydrogen-bond donors (Lipinski definition) is 2. The van der Waals surface area contributed by atoms with Gasteiger partial charge in [-0.2, -0.15) is 13.2 Å². The molecule has 2 fully saturated rings. The van der Waals surface area contributed by atoms with Gasteiger partial charge < -0.3 is 25.0 Å². The van der Waals surface area contributed by atoms with Crippen molar-refractivity contribution in [2.24, 2.45) is 0 Å². The van der Waals surface area contributed by atoms with Crippen LogP contribution in [0.3, 0.4) is 0 Å². The molecule has 5 rings (SSSR count). The Kier molecular flexibility index (Phi) is 8.48. The number of phenolic OH excluding ortho intramolecular Hbond substituents is 1. The van der Waals surface area contributed by atoms with Crippen LogP contribution in [0.2, 0.25) is 0 Å². The molecular weight excluding hydrogens is 540 g/mol. The second kappa shape index (κ2) is 12.1. The highest BCUT2D eigenvalue weighted by Gasteiger charge is 2.36. The van der Waals surface area contributed by atoms with Crippen molar-refractivity contribution in [2.75, 3.05) is 69.7 Å². The molecule has 2 saturated heterocycles. The number of nitrogens with zero attached hydrogens (tertiary/aromatic N) is 3. The molecule has 218 valence electrons. The van der Waals surface area contributed by atoms with E-state index < -0.39 is 34.8 Å². The van der Waals surface area contributed by atoms with Crippen molar-refractivity contribution in [2.45, 2.75) is 12.7 Å². The van der Waals surface area contributed by atoms with E-state index in [-0.39, 0.29) is 5.69 Å². The van der Waals surface area contributed by atoms with E-state index in [2.05, 4.69) is 15.1 Å². The second-order valence-corrected chi connectivity index (χ2v) is 10.4. The van der Waals surface area contributed by atoms with Gasteiger partial charge in [-0.05, 0) is 60.6 Å². The fourth-order valence-electron chi connectivity index (χ4n) is 5.19. The van der Waals surface area contributed by atoms with E-state index in [0.29, 0.717) is 55.7 Å². The predicted octanol–water partition coefficient (Wildman–Crippen LogP) is 5.05. The number of anilines is 2. The lowest BCUT2D eigenvalue weighted by Gasteiger charge is -2.35. The van der Waals surface area contributed by atoms with E-state index in [1.807, 2.05) is 11.9 Å². The van der Waals surface area contributed by atoms with Crippen LogP contribution in [-0.2, 0) is 17.5 Å². The highest BCUT2D eigenvalue weighted by atomic mass is 19.4. The molecule has 1 amide bonds. The minimum absolute atomic E-state index is 0.274. The number of piperazine rings is 1. The molecule has 2 N–H and O–H groups in total. The van der Waals surface area contributed by atoms with Crippen LogP contribution in [0.5, 0.6) is 5.75 Å². The predicted molar refractivity (Wildman–Crippen MR) is 149 cm³/mol. The second-order valence-electron chi connectivity index (χ2n) is 10.4. The summed E-state index contributed by atoms with van der Waals surface area (Å²) >= 11 is 0. The molecule has 0 spiro atoms. The Balaban J connectivity index is 1.50. The normalized spacial score (nSPS) is 17.0. The van der Waals surface area contributed by atoms with E-state index in [9.17, 15) is 23.1 Å². The minimum atomic E-state index is -4.85. The van der Waals surface area contributed by atoms with Crippen LogP contribution in [0.4, 0.5) is 28.9 Å². The minimum Gasteiger partial charge on any atom is -0.508 e. The summed E-state index contributed by atoms with van der Waals surface area (Å²) in [6.45, 7) is 6.29. The number of rotatable bonds is 6. The maximum Gasteiger partial charge on any atom is 0.417 e. The summed E-state index contributed by atoms with van der Waals surface area (Å²) in [4.78, 5) is 19.7. The molecule has 2 aliphatic rings. The maximum atomic E-state index is 15.1. The number of morpholine rings is 1. The van der Waals surface area contributed by atoms with Gasteiger partial charge in [0.15, 0.2) is 0 Å². The molecule has 2 heterocycles. The molecule has 0 aliphatic carbocycles. The van der Waals surface area contributed by atoms with E-state index in [0.717, 1.165) is 43.9 Å². The van der Waals surface area contributed by atoms with Crippen molar-refractivity contribution in [3.63, 3.8) is 0 Å². The van der Waals surface area contributed by atoms with Gasteiger partial charge in [0.1, 0.15) is 11.6 Å². The van der Waals surface area contributed by atoms with Gasteiger partial charge in [0.05, 0.1) is 35.7 Å². The zero-order valence-corrected chi connectivity index (χ0v) is 22.7. The Morgan fingerprint density at radius 2 is 1.68 bits per heavy atom. The summed E-state index contributed by atoms with van der Waals surface area (Å²) < 4.78 is 61.7. The van der Waals surface area contributed by atoms with Gasteiger partial charge in [0, 0.05) is 51.4 Å². The SMILES string of the molecule is CN1CCN(c2ccc(-c3cc(CN4CCOCC4)ccc3F)cc2NC(=O)c2ccc(O)cc2C(F)(F)F)CC1. The van der Waals surface area contributed by atoms with E-state index >= 15 is 4.39 Å². The number of hydrogen-bond acceptors (Lipinski definition) is 6. The van der Waals surface area contributed by atoms with E-state index in [1.54, 1.807) is 30.3 Å². The quantitative estimate of drug-likeness (QED) is 0.403. The Hall–Kier alpha value is -3.67. The average molecular weight is 573 g/mol. The van der Waals surface area contributed by atoms with Crippen molar-refractivity contribution in [1.29, 1.82) is 0 Å². The lowest BCUT2D eigenvalue weighted by atomic mass is 10.00. The zero-order chi connectivity index (χ0) is 29.1. The van der Waals surface area contributed by atoms with Gasteiger partial charge in [0.25, 0.3) is 5.91 Å². The monoisotopic (exact) mass is 572 g/mol. The van der Waals surface area contributed by atoms with Crippen LogP contribution in [0, 0.1) is 5.82 Å². The van der Waals surface area contributed by atoms with Crippen LogP contribution in [0.15, 0.2) is 54.6 Å². The van der Waals surface area contributed by atoms with E-state index in [4.69, 9.17) is 4.74 Å². The Morgan fingerprint density at radius 1 is 0.951 bits per heavy atom. The van der Waals surface area contributed by atoms with E-state index in [1.165, 1.54) is 6.07 Å². The lowest BCUT2D eigenvalue weighted by Crippen LogP contribution is -2.44. The molecule has 0 aromatic heterocycles. The number of halogens is 4. The summed E-state index contributed by atoms with van der Waals surface area (Å²) in [5, 5.41) is 12.3. The number of carbonyl (C=O) groups is 1. The third-order valence-corrected chi connectivity index (χ3v) is 7.49. The van der Waals surface area contributed by atoms with Gasteiger partial charge in [-0.3, -0.25) is 9.69 Å². The molecule has 41 heavy (non-hydrogen) atoms. The Labute approximate surface area is 235 Å². The van der Waals surface area contributed by atoms with Crippen molar-refractivity contribution in [3.05, 3.63) is 77.1 Å². The molecule has 0 radical (unpaired) electrons. The molecular formula is C30H32F4N4O3. The number of phenols is 1. The summed E-state index contributed by atoms with van der Waals surface area (Å²) in [6, 6.07) is 12.6. The third kappa shape index (κ3) is 6.80. The zero-order valence-electron chi connectivity index (χ0n) is 22.7. The molecule has 0 atom stereocenters. The van der Waals surface area contributed by atoms with Crippen molar-refractivity contribution >= 4 is 17.3 Å². The first-order valence-electron chi connectivity index (χ1n) is 13.5. The molecule has 3 aromatic rings. The molecule has 3 aromatic carbocycles. The number of nitrogens with one attached hydrogen (secondary N) is 1. The number of carbonyl (C=O) groups excluding carboxylic acids is 1. The van der Waals surface area contributed by atoms with Gasteiger partial charge in [-0.15, -0.1) is 0 Å². The number of ether oxygens (including phenoxy) is 1. The number of alkyl halides is 3. The summed E-state index contributed by atoms with van der Waals surface area (Å²) in [7, 11) is 2.00. The number of amides is 1. The fourth-order valence-corrected chi connectivity index (χ4v) is 5.19. The Bertz CT molecular complexity index is 1400. The van der Waals surface area contributed by atoms with Gasteiger partial charge in [-0.25, -0.2) is 4.39 Å². The van der Waals surface area contributed by atoms with Crippen molar-refractivity contribution in [1.82, 2.24) is 9.80 Å². The first-order chi connectivity index (χ1) is 19.6. The van der Waals surface area contributed by atoms with Crippen LogP contribution >= 0.6 is 0 Å². The fraction of sp³-hybridized carbons (Fsp3) is 0.367. The van der Waals surface area contributed by atoms with Crippen LogP contribution < -0.4 is 10.2 Å². The summed E-state index contributed by atoms with van der Waals surface area (Å²) in [5.41, 5.74) is 0.774. The van der Waals surface area contributed by atoms with Gasteiger partial charge in [0.2, 0.25) is 0 Å². The molecule has 7 nitrogen and oxygen atoms in total. The molecule has 11 heteroatoms. The van der Waals surface area contributed by atoms with Crippen LogP contribution in [-0.4, -0.2) is 80.3 Å². The highest BCUT2D eigenvalue weighted by Crippen LogP contribution is 2.37. The van der Waals surface area contributed by atoms with Gasteiger partial charge >= 0.3 is 6.18 Å². The van der Waals surface area contributed by atoms with Gasteiger partial charge in [-0.1, -0.05) is 12.1 Å². The molecule has 0 saturated carbocycles. The number of aromatic hydroxyl groups is 1. The largest absolute Gasteiger partial charge is 0.508 e. The standard InChI is InChI=1S/C30H32F4N4O3/c1-36-8-10-38(11-9-36)28-7-3-21(24-16-20(2-6-26(24)31)19-37-12-14-41-15-13-37)17-27(28)35-29(40)23-5-4-22(39)18-25(23)30(32,33)34/h2-7,16-18,39H,8-15,19H2,1H3,(H,35,40). The highest BCUT2D eigenvalue weighted by molar-refractivity contribution is 6.07. The Morgan fingerprint density at radius 3 is 2.39 bits per heavy atom. The first-order valence-corrected chi connectivity index (χ1v) is 13.5. The smallest absolute Gasteiger partial charge is 0.417 e. The number of benzene rings is 3. The topological polar surface area (TPSA) is 68.3 Å². The maximum absolute atomic E-state index is 15.1. The third-order valence-electron chi connectivity index (χ3n) is 7.49. The van der Waals surface area contributed by atoms with Crippen molar-refractivity contribution in [3.8, 4) is 16.9 Å². The average Bonchev–Trinajstić information content (AvgIpc) is 2.94. The molecule has 0 bridgehead atoms. The lowest BCUT2D eigenvalue weighted by molar-refractivity contribution is -0.138. The van der Waals surface area contributed by atoms with Crippen LogP contribution in [0.1, 0.15) is 21.5 Å². The van der Waals surface area contributed by atoms with Crippen molar-refractivity contribution < 1.29 is 32.2 Å². The first kappa shape index (κ1) is 28.8. The summed E-state index contributed by atoms with van der Waals surface area (Å²) in [6.07, 6.45) is -4.85. The number of likely N-dealkylation sites (N-methyl/N-ethyl adjacent to an activating group) is 1.